The van der Waals surface area contributed by atoms with Crippen LogP contribution >= 0.6 is 35.6 Å². The number of hydrogen-bond donors (Lipinski definition) is 2. The monoisotopic (exact) mass is 532 g/mol. The smallest absolute Gasteiger partial charge is 0.191 e. The molecule has 1 saturated carbocycles. The fourth-order valence-corrected chi connectivity index (χ4v) is 5.25. The Kier molecular flexibility index (Phi) is 8.09. The van der Waals surface area contributed by atoms with Crippen molar-refractivity contribution in [3.05, 3.63) is 34.9 Å². The van der Waals surface area contributed by atoms with E-state index in [9.17, 15) is 0 Å². The molecule has 3 aliphatic rings. The van der Waals surface area contributed by atoms with Crippen LogP contribution in [0.4, 0.5) is 0 Å². The van der Waals surface area contributed by atoms with E-state index in [2.05, 4.69) is 39.6 Å². The molecule has 0 radical (unpaired) electrons. The third-order valence-corrected chi connectivity index (χ3v) is 7.02. The predicted molar refractivity (Wildman–Crippen MR) is 131 cm³/mol. The highest BCUT2D eigenvalue weighted by Crippen LogP contribution is 2.38. The molecule has 1 aromatic carbocycles. The standard InChI is InChI=1S/C22H33ClN4O.HI/c1-16-13-17(14-27(16)18-7-8-18)26-21(24-2)25-15-22(9-11-28-12-10-22)19-5-3-4-6-20(19)23;/h3-6,16-18H,7-15H2,1-2H3,(H2,24,25,26);1H. The maximum Gasteiger partial charge on any atom is 0.191 e. The molecule has 1 aromatic rings. The molecule has 2 unspecified atom stereocenters. The molecular weight excluding hydrogens is 499 g/mol. The zero-order chi connectivity index (χ0) is 19.6. The van der Waals surface area contributed by atoms with Gasteiger partial charge >= 0.3 is 0 Å². The number of rotatable bonds is 5. The molecule has 0 spiro atoms. The van der Waals surface area contributed by atoms with Gasteiger partial charge in [-0.2, -0.15) is 0 Å². The summed E-state index contributed by atoms with van der Waals surface area (Å²) in [6.07, 6.45) is 5.85. The molecular formula is C22H34ClIN4O. The van der Waals surface area contributed by atoms with E-state index in [4.69, 9.17) is 16.3 Å². The number of aliphatic imine (C=N–C) groups is 1. The quantitative estimate of drug-likeness (QED) is 0.344. The molecule has 2 atom stereocenters. The maximum atomic E-state index is 6.58. The maximum absolute atomic E-state index is 6.58. The predicted octanol–water partition coefficient (Wildman–Crippen LogP) is 3.80. The van der Waals surface area contributed by atoms with Gasteiger partial charge < -0.3 is 15.4 Å². The molecule has 162 valence electrons. The number of halogens is 2. The molecule has 7 heteroatoms. The topological polar surface area (TPSA) is 48.9 Å². The molecule has 2 aliphatic heterocycles. The van der Waals surface area contributed by atoms with Crippen molar-refractivity contribution in [1.82, 2.24) is 15.5 Å². The SMILES string of the molecule is CN=C(NCC1(c2ccccc2Cl)CCOCC1)NC1CC(C)N(C2CC2)C1.I. The Morgan fingerprint density at radius 3 is 2.66 bits per heavy atom. The lowest BCUT2D eigenvalue weighted by Crippen LogP contribution is -2.50. The van der Waals surface area contributed by atoms with Crippen molar-refractivity contribution in [3.8, 4) is 0 Å². The normalized spacial score (nSPS) is 27.3. The second-order valence-electron chi connectivity index (χ2n) is 8.65. The molecule has 0 amide bonds. The minimum atomic E-state index is -0.0166. The first-order valence-corrected chi connectivity index (χ1v) is 11.0. The van der Waals surface area contributed by atoms with E-state index in [0.29, 0.717) is 12.1 Å². The molecule has 0 bridgehead atoms. The Balaban J connectivity index is 0.00000240. The molecule has 2 heterocycles. The second-order valence-corrected chi connectivity index (χ2v) is 9.06. The average molecular weight is 533 g/mol. The van der Waals surface area contributed by atoms with Gasteiger partial charge in [-0.05, 0) is 50.7 Å². The summed E-state index contributed by atoms with van der Waals surface area (Å²) in [4.78, 5) is 7.17. The number of guanidine groups is 1. The molecule has 5 nitrogen and oxygen atoms in total. The van der Waals surface area contributed by atoms with Crippen LogP contribution in [0.1, 0.15) is 44.6 Å². The van der Waals surface area contributed by atoms with Gasteiger partial charge in [0, 0.05) is 61.9 Å². The van der Waals surface area contributed by atoms with Gasteiger partial charge in [-0.1, -0.05) is 29.8 Å². The highest BCUT2D eigenvalue weighted by Gasteiger charge is 2.39. The Morgan fingerprint density at radius 2 is 2.00 bits per heavy atom. The number of ether oxygens (including phenoxy) is 1. The molecule has 0 aromatic heterocycles. The van der Waals surface area contributed by atoms with E-state index in [1.165, 1.54) is 24.8 Å². The Labute approximate surface area is 197 Å². The van der Waals surface area contributed by atoms with E-state index < -0.39 is 0 Å². The zero-order valence-corrected chi connectivity index (χ0v) is 20.6. The third kappa shape index (κ3) is 5.38. The van der Waals surface area contributed by atoms with Crippen LogP contribution in [0.5, 0.6) is 0 Å². The third-order valence-electron chi connectivity index (χ3n) is 6.69. The Bertz CT molecular complexity index is 706. The first-order valence-electron chi connectivity index (χ1n) is 10.7. The van der Waals surface area contributed by atoms with Crippen LogP contribution in [0, 0.1) is 0 Å². The van der Waals surface area contributed by atoms with E-state index in [-0.39, 0.29) is 29.4 Å². The molecule has 2 N–H and O–H groups in total. The van der Waals surface area contributed by atoms with Crippen LogP contribution in [0.15, 0.2) is 29.3 Å². The zero-order valence-electron chi connectivity index (χ0n) is 17.5. The molecule has 1 aliphatic carbocycles. The fourth-order valence-electron chi connectivity index (χ4n) is 4.91. The molecule has 29 heavy (non-hydrogen) atoms. The van der Waals surface area contributed by atoms with Crippen molar-refractivity contribution in [2.24, 2.45) is 4.99 Å². The average Bonchev–Trinajstić information content (AvgIpc) is 3.49. The first-order chi connectivity index (χ1) is 13.6. The highest BCUT2D eigenvalue weighted by atomic mass is 127. The Morgan fingerprint density at radius 1 is 1.28 bits per heavy atom. The minimum absolute atomic E-state index is 0. The summed E-state index contributed by atoms with van der Waals surface area (Å²) in [6, 6.07) is 10.2. The first kappa shape index (κ1) is 23.1. The van der Waals surface area contributed by atoms with Crippen molar-refractivity contribution in [2.75, 3.05) is 33.4 Å². The van der Waals surface area contributed by atoms with Crippen molar-refractivity contribution in [1.29, 1.82) is 0 Å². The molecule has 2 saturated heterocycles. The summed E-state index contributed by atoms with van der Waals surface area (Å²) in [5, 5.41) is 8.12. The number of nitrogens with zero attached hydrogens (tertiary/aromatic N) is 2. The summed E-state index contributed by atoms with van der Waals surface area (Å²) in [7, 11) is 1.86. The van der Waals surface area contributed by atoms with Gasteiger partial charge in [0.05, 0.1) is 0 Å². The lowest BCUT2D eigenvalue weighted by Gasteiger charge is -2.39. The summed E-state index contributed by atoms with van der Waals surface area (Å²) in [6.45, 7) is 5.83. The van der Waals surface area contributed by atoms with E-state index in [1.54, 1.807) is 0 Å². The van der Waals surface area contributed by atoms with Crippen molar-refractivity contribution in [3.63, 3.8) is 0 Å². The van der Waals surface area contributed by atoms with Crippen LogP contribution in [0.2, 0.25) is 5.02 Å². The van der Waals surface area contributed by atoms with Gasteiger partial charge in [-0.25, -0.2) is 0 Å². The lowest BCUT2D eigenvalue weighted by atomic mass is 9.74. The van der Waals surface area contributed by atoms with Crippen molar-refractivity contribution < 1.29 is 4.74 Å². The molecule has 4 rings (SSSR count). The number of nitrogens with one attached hydrogen (secondary N) is 2. The van der Waals surface area contributed by atoms with Crippen LogP contribution in [0.3, 0.4) is 0 Å². The number of hydrogen-bond acceptors (Lipinski definition) is 3. The van der Waals surface area contributed by atoms with Gasteiger partial charge in [-0.3, -0.25) is 9.89 Å². The summed E-state index contributed by atoms with van der Waals surface area (Å²) < 4.78 is 5.66. The largest absolute Gasteiger partial charge is 0.381 e. The van der Waals surface area contributed by atoms with E-state index >= 15 is 0 Å². The molecule has 3 fully saturated rings. The fraction of sp³-hybridized carbons (Fsp3) is 0.682. The van der Waals surface area contributed by atoms with E-state index in [0.717, 1.165) is 56.2 Å². The lowest BCUT2D eigenvalue weighted by molar-refractivity contribution is 0.0514. The van der Waals surface area contributed by atoms with Gasteiger partial charge in [0.1, 0.15) is 0 Å². The van der Waals surface area contributed by atoms with Crippen LogP contribution in [-0.4, -0.2) is 62.3 Å². The summed E-state index contributed by atoms with van der Waals surface area (Å²) >= 11 is 6.58. The number of likely N-dealkylation sites (tertiary alicyclic amines) is 1. The van der Waals surface area contributed by atoms with Crippen LogP contribution in [-0.2, 0) is 10.2 Å². The second kappa shape index (κ2) is 10.2. The van der Waals surface area contributed by atoms with Crippen LogP contribution in [0.25, 0.3) is 0 Å². The van der Waals surface area contributed by atoms with Gasteiger partial charge in [0.15, 0.2) is 5.96 Å². The summed E-state index contributed by atoms with van der Waals surface area (Å²) in [5.74, 6) is 0.896. The minimum Gasteiger partial charge on any atom is -0.381 e. The Hall–Kier alpha value is -0.570. The van der Waals surface area contributed by atoms with Crippen molar-refractivity contribution in [2.45, 2.75) is 62.6 Å². The van der Waals surface area contributed by atoms with Crippen molar-refractivity contribution >= 4 is 41.5 Å². The summed E-state index contributed by atoms with van der Waals surface area (Å²) in [5.41, 5.74) is 1.20. The van der Waals surface area contributed by atoms with Gasteiger partial charge in [0.2, 0.25) is 0 Å². The number of benzene rings is 1. The van der Waals surface area contributed by atoms with Gasteiger partial charge in [0.25, 0.3) is 0 Å². The van der Waals surface area contributed by atoms with Crippen LogP contribution < -0.4 is 10.6 Å². The highest BCUT2D eigenvalue weighted by molar-refractivity contribution is 14.0. The van der Waals surface area contributed by atoms with Gasteiger partial charge in [-0.15, -0.1) is 24.0 Å². The van der Waals surface area contributed by atoms with E-state index in [1.807, 2.05) is 19.2 Å².